The second-order valence-electron chi connectivity index (χ2n) is 5.71. The van der Waals surface area contributed by atoms with E-state index in [0.29, 0.717) is 22.4 Å². The molecule has 0 saturated carbocycles. The van der Waals surface area contributed by atoms with Crippen LogP contribution >= 0.6 is 22.9 Å². The van der Waals surface area contributed by atoms with Crippen molar-refractivity contribution in [1.29, 1.82) is 0 Å². The predicted molar refractivity (Wildman–Crippen MR) is 99.2 cm³/mol. The largest absolute Gasteiger partial charge is 0.435 e. The van der Waals surface area contributed by atoms with Gasteiger partial charge in [-0.05, 0) is 24.3 Å². The summed E-state index contributed by atoms with van der Waals surface area (Å²) < 4.78 is 30.3. The van der Waals surface area contributed by atoms with E-state index in [1.165, 1.54) is 29.7 Å². The van der Waals surface area contributed by atoms with Crippen molar-refractivity contribution in [2.24, 2.45) is 5.92 Å². The normalized spacial score (nSPS) is 12.2. The Bertz CT molecular complexity index is 914. The van der Waals surface area contributed by atoms with Gasteiger partial charge in [-0.15, -0.1) is 11.3 Å². The molecular formula is C17H15ClF2N4O2S. The van der Waals surface area contributed by atoms with E-state index < -0.39 is 6.61 Å². The molecule has 27 heavy (non-hydrogen) atoms. The van der Waals surface area contributed by atoms with E-state index in [4.69, 9.17) is 11.6 Å². The Kier molecular flexibility index (Phi) is 6.02. The summed E-state index contributed by atoms with van der Waals surface area (Å²) in [5.74, 6) is -0.452. The number of carbonyl (C=O) groups excluding carboxylic acids is 1. The minimum absolute atomic E-state index is 0.0741. The van der Waals surface area contributed by atoms with Crippen LogP contribution < -0.4 is 10.1 Å². The summed E-state index contributed by atoms with van der Waals surface area (Å²) in [4.78, 5) is 16.7. The number of nitrogens with zero attached hydrogens (tertiary/aromatic N) is 3. The highest BCUT2D eigenvalue weighted by atomic mass is 35.5. The molecule has 0 saturated heterocycles. The molecule has 6 nitrogen and oxygen atoms in total. The number of hydrogen-bond donors (Lipinski definition) is 1. The third-order valence-corrected chi connectivity index (χ3v) is 4.57. The molecule has 3 aromatic rings. The van der Waals surface area contributed by atoms with Crippen LogP contribution in [0.25, 0.3) is 11.3 Å². The Morgan fingerprint density at radius 3 is 2.74 bits per heavy atom. The molecule has 142 valence electrons. The molecule has 0 fully saturated rings. The molecule has 1 atom stereocenters. The Morgan fingerprint density at radius 2 is 2.11 bits per heavy atom. The standard InChI is InChI=1S/C17H15ClF2N4O2S/c1-10(7-24-8-12(18)6-21-24)15(25)23-17-22-14(9-27-17)11-2-4-13(5-3-11)26-16(19)20/h2-6,8-10,16H,7H2,1H3,(H,22,23,25). The zero-order valence-corrected chi connectivity index (χ0v) is 15.7. The number of hydrogen-bond acceptors (Lipinski definition) is 5. The minimum Gasteiger partial charge on any atom is -0.435 e. The van der Waals surface area contributed by atoms with E-state index in [1.807, 2.05) is 0 Å². The molecule has 0 aliphatic carbocycles. The number of ether oxygens (including phenoxy) is 1. The van der Waals surface area contributed by atoms with Gasteiger partial charge in [-0.25, -0.2) is 4.98 Å². The molecular weight excluding hydrogens is 398 g/mol. The average molecular weight is 413 g/mol. The lowest BCUT2D eigenvalue weighted by atomic mass is 10.1. The van der Waals surface area contributed by atoms with Crippen molar-refractivity contribution in [2.45, 2.75) is 20.1 Å². The Balaban J connectivity index is 1.60. The molecule has 0 bridgehead atoms. The molecule has 0 aliphatic rings. The molecule has 2 aromatic heterocycles. The molecule has 10 heteroatoms. The van der Waals surface area contributed by atoms with Crippen molar-refractivity contribution in [2.75, 3.05) is 5.32 Å². The molecule has 1 N–H and O–H groups in total. The van der Waals surface area contributed by atoms with Crippen LogP contribution in [-0.2, 0) is 11.3 Å². The molecule has 1 aromatic carbocycles. The number of anilines is 1. The fourth-order valence-corrected chi connectivity index (χ4v) is 3.18. The fraction of sp³-hybridized carbons (Fsp3) is 0.235. The number of rotatable bonds is 7. The number of thiazole rings is 1. The summed E-state index contributed by atoms with van der Waals surface area (Å²) in [5.41, 5.74) is 1.36. The summed E-state index contributed by atoms with van der Waals surface area (Å²) in [5, 5.41) is 9.55. The van der Waals surface area contributed by atoms with Gasteiger partial charge in [0.1, 0.15) is 5.75 Å². The summed E-state index contributed by atoms with van der Waals surface area (Å²) in [6.07, 6.45) is 3.16. The van der Waals surface area contributed by atoms with Gasteiger partial charge in [0, 0.05) is 17.1 Å². The summed E-state index contributed by atoms with van der Waals surface area (Å²) in [6.45, 7) is -0.694. The zero-order valence-electron chi connectivity index (χ0n) is 14.1. The van der Waals surface area contributed by atoms with E-state index in [0.717, 1.165) is 5.56 Å². The van der Waals surface area contributed by atoms with E-state index in [2.05, 4.69) is 20.1 Å². The van der Waals surface area contributed by atoms with Gasteiger partial charge in [0.05, 0.1) is 29.4 Å². The third-order valence-electron chi connectivity index (χ3n) is 3.62. The van der Waals surface area contributed by atoms with E-state index in [-0.39, 0.29) is 17.6 Å². The second-order valence-corrected chi connectivity index (χ2v) is 7.01. The molecule has 3 rings (SSSR count). The van der Waals surface area contributed by atoms with Gasteiger partial charge in [-0.1, -0.05) is 18.5 Å². The van der Waals surface area contributed by atoms with Gasteiger partial charge in [-0.2, -0.15) is 13.9 Å². The number of halogens is 3. The maximum Gasteiger partial charge on any atom is 0.387 e. The number of alkyl halides is 2. The maximum atomic E-state index is 12.3. The van der Waals surface area contributed by atoms with Crippen LogP contribution in [0.1, 0.15) is 6.92 Å². The zero-order chi connectivity index (χ0) is 19.4. The number of benzene rings is 1. The van der Waals surface area contributed by atoms with E-state index in [1.54, 1.807) is 35.3 Å². The molecule has 0 aliphatic heterocycles. The lowest BCUT2D eigenvalue weighted by Gasteiger charge is -2.10. The van der Waals surface area contributed by atoms with Crippen molar-refractivity contribution >= 4 is 34.0 Å². The first-order valence-corrected chi connectivity index (χ1v) is 9.16. The first kappa shape index (κ1) is 19.2. The number of nitrogens with one attached hydrogen (secondary N) is 1. The van der Waals surface area contributed by atoms with Crippen LogP contribution in [0.2, 0.25) is 5.02 Å². The first-order valence-electron chi connectivity index (χ1n) is 7.90. The van der Waals surface area contributed by atoms with Crippen LogP contribution in [-0.4, -0.2) is 27.3 Å². The maximum absolute atomic E-state index is 12.3. The highest BCUT2D eigenvalue weighted by Gasteiger charge is 2.16. The smallest absolute Gasteiger partial charge is 0.387 e. The molecule has 1 unspecified atom stereocenters. The van der Waals surface area contributed by atoms with Crippen LogP contribution in [0, 0.1) is 5.92 Å². The third kappa shape index (κ3) is 5.24. The summed E-state index contributed by atoms with van der Waals surface area (Å²) >= 11 is 7.09. The molecule has 1 amide bonds. The minimum atomic E-state index is -2.86. The van der Waals surface area contributed by atoms with Crippen molar-refractivity contribution in [1.82, 2.24) is 14.8 Å². The highest BCUT2D eigenvalue weighted by molar-refractivity contribution is 7.14. The number of carbonyl (C=O) groups is 1. The van der Waals surface area contributed by atoms with Crippen LogP contribution in [0.15, 0.2) is 42.0 Å². The topological polar surface area (TPSA) is 69.0 Å². The Morgan fingerprint density at radius 1 is 1.37 bits per heavy atom. The van der Waals surface area contributed by atoms with Gasteiger partial charge in [0.15, 0.2) is 5.13 Å². The first-order chi connectivity index (χ1) is 12.9. The summed E-state index contributed by atoms with van der Waals surface area (Å²) in [6, 6.07) is 6.14. The van der Waals surface area contributed by atoms with E-state index in [9.17, 15) is 13.6 Å². The van der Waals surface area contributed by atoms with Gasteiger partial charge < -0.3 is 10.1 Å². The van der Waals surface area contributed by atoms with Gasteiger partial charge in [0.25, 0.3) is 0 Å². The van der Waals surface area contributed by atoms with Crippen molar-refractivity contribution in [3.63, 3.8) is 0 Å². The number of amides is 1. The SMILES string of the molecule is CC(Cn1cc(Cl)cn1)C(=O)Nc1nc(-c2ccc(OC(F)F)cc2)cs1. The monoisotopic (exact) mass is 412 g/mol. The van der Waals surface area contributed by atoms with E-state index >= 15 is 0 Å². The average Bonchev–Trinajstić information content (AvgIpc) is 3.24. The van der Waals surface area contributed by atoms with Crippen LogP contribution in [0.3, 0.4) is 0 Å². The summed E-state index contributed by atoms with van der Waals surface area (Å²) in [7, 11) is 0. The Labute approximate surface area is 162 Å². The lowest BCUT2D eigenvalue weighted by Crippen LogP contribution is -2.24. The van der Waals surface area contributed by atoms with Crippen molar-refractivity contribution in [3.8, 4) is 17.0 Å². The lowest BCUT2D eigenvalue weighted by molar-refractivity contribution is -0.119. The Hall–Kier alpha value is -2.52. The quantitative estimate of drug-likeness (QED) is 0.618. The second kappa shape index (κ2) is 8.45. The van der Waals surface area contributed by atoms with Crippen LogP contribution in [0.4, 0.5) is 13.9 Å². The van der Waals surface area contributed by atoms with Gasteiger partial charge >= 0.3 is 6.61 Å². The van der Waals surface area contributed by atoms with Gasteiger partial charge in [0.2, 0.25) is 5.91 Å². The van der Waals surface area contributed by atoms with Crippen molar-refractivity contribution in [3.05, 3.63) is 47.1 Å². The molecule has 0 radical (unpaired) electrons. The number of aromatic nitrogens is 3. The predicted octanol–water partition coefficient (Wildman–Crippen LogP) is 4.54. The molecule has 2 heterocycles. The molecule has 0 spiro atoms. The van der Waals surface area contributed by atoms with Crippen LogP contribution in [0.5, 0.6) is 5.75 Å². The highest BCUT2D eigenvalue weighted by Crippen LogP contribution is 2.27. The van der Waals surface area contributed by atoms with Gasteiger partial charge in [-0.3, -0.25) is 9.48 Å². The fourth-order valence-electron chi connectivity index (χ4n) is 2.30. The van der Waals surface area contributed by atoms with Crippen molar-refractivity contribution < 1.29 is 18.3 Å².